The van der Waals surface area contributed by atoms with E-state index in [9.17, 15) is 22.0 Å². The highest BCUT2D eigenvalue weighted by Gasteiger charge is 2.24. The molecule has 0 N–H and O–H groups in total. The van der Waals surface area contributed by atoms with Crippen LogP contribution in [0.25, 0.3) is 0 Å². The zero-order chi connectivity index (χ0) is 23.5. The summed E-state index contributed by atoms with van der Waals surface area (Å²) in [7, 11) is -4.26. The summed E-state index contributed by atoms with van der Waals surface area (Å²) in [5, 5.41) is 0.313. The van der Waals surface area contributed by atoms with Crippen molar-refractivity contribution in [3.63, 3.8) is 0 Å². The summed E-state index contributed by atoms with van der Waals surface area (Å²) < 4.78 is 57.4. The molecule has 9 heteroatoms. The largest absolute Gasteiger partial charge is 0.379 e. The molecule has 0 atom stereocenters. The third-order valence-electron chi connectivity index (χ3n) is 4.62. The number of nitrogens with zero attached hydrogens (tertiary/aromatic N) is 1. The molecule has 0 heterocycles. The molecular weight excluding hydrogens is 460 g/mol. The van der Waals surface area contributed by atoms with E-state index in [1.54, 1.807) is 13.8 Å². The molecule has 5 nitrogen and oxygen atoms in total. The highest BCUT2D eigenvalue weighted by atomic mass is 35.5. The molecule has 0 unspecified atom stereocenters. The summed E-state index contributed by atoms with van der Waals surface area (Å²) in [6.07, 6.45) is 0. The predicted molar refractivity (Wildman–Crippen MR) is 117 cm³/mol. The number of halogens is 3. The van der Waals surface area contributed by atoms with Crippen LogP contribution in [0, 0.1) is 11.6 Å². The molecule has 0 aromatic heterocycles. The van der Waals surface area contributed by atoms with Crippen molar-refractivity contribution in [2.24, 2.45) is 0 Å². The molecule has 0 aliphatic rings. The quantitative estimate of drug-likeness (QED) is 0.423. The maximum absolute atomic E-state index is 13.6. The monoisotopic (exact) mass is 479 g/mol. The average molecular weight is 480 g/mol. The first-order valence-electron chi connectivity index (χ1n) is 9.62. The van der Waals surface area contributed by atoms with Gasteiger partial charge in [0.25, 0.3) is 5.91 Å². The maximum Gasteiger partial charge on any atom is 0.339 e. The van der Waals surface area contributed by atoms with Crippen molar-refractivity contribution in [1.29, 1.82) is 0 Å². The van der Waals surface area contributed by atoms with Crippen molar-refractivity contribution >= 4 is 27.6 Å². The number of carbonyl (C=O) groups excluding carboxylic acids is 1. The van der Waals surface area contributed by atoms with Gasteiger partial charge >= 0.3 is 10.1 Å². The van der Waals surface area contributed by atoms with E-state index >= 15 is 0 Å². The lowest BCUT2D eigenvalue weighted by Gasteiger charge is -2.28. The highest BCUT2D eigenvalue weighted by molar-refractivity contribution is 7.87. The average Bonchev–Trinajstić information content (AvgIpc) is 2.73. The predicted octanol–water partition coefficient (Wildman–Crippen LogP) is 5.44. The fourth-order valence-corrected chi connectivity index (χ4v) is 4.14. The normalized spacial score (nSPS) is 11.4. The Bertz CT molecular complexity index is 1230. The minimum absolute atomic E-state index is 0.0311. The Balaban J connectivity index is 1.94. The topological polar surface area (TPSA) is 63.7 Å². The number of rotatable bonds is 7. The van der Waals surface area contributed by atoms with Gasteiger partial charge in [-0.15, -0.1) is 0 Å². The second-order valence-electron chi connectivity index (χ2n) is 7.28. The van der Waals surface area contributed by atoms with Crippen LogP contribution in [-0.4, -0.2) is 25.3 Å². The fourth-order valence-electron chi connectivity index (χ4n) is 2.98. The summed E-state index contributed by atoms with van der Waals surface area (Å²) in [5.41, 5.74) is 0.490. The Kier molecular flexibility index (Phi) is 7.16. The van der Waals surface area contributed by atoms with Gasteiger partial charge in [0.1, 0.15) is 22.3 Å². The molecule has 3 aromatic rings. The van der Waals surface area contributed by atoms with E-state index in [1.807, 2.05) is 0 Å². The lowest BCUT2D eigenvalue weighted by molar-refractivity contribution is 0.0689. The molecule has 3 rings (SSSR count). The number of amides is 1. The van der Waals surface area contributed by atoms with E-state index in [1.165, 1.54) is 41.3 Å². The van der Waals surface area contributed by atoms with E-state index in [2.05, 4.69) is 0 Å². The van der Waals surface area contributed by atoms with Crippen molar-refractivity contribution in [2.75, 3.05) is 0 Å². The third kappa shape index (κ3) is 5.63. The molecule has 32 heavy (non-hydrogen) atoms. The summed E-state index contributed by atoms with van der Waals surface area (Å²) in [4.78, 5) is 14.2. The Morgan fingerprint density at radius 2 is 1.69 bits per heavy atom. The Morgan fingerprint density at radius 3 is 2.31 bits per heavy atom. The molecule has 0 radical (unpaired) electrons. The van der Waals surface area contributed by atoms with Crippen molar-refractivity contribution in [3.05, 3.63) is 94.5 Å². The zero-order valence-corrected chi connectivity index (χ0v) is 18.8. The molecule has 0 aliphatic heterocycles. The van der Waals surface area contributed by atoms with Crippen LogP contribution in [0.2, 0.25) is 5.02 Å². The van der Waals surface area contributed by atoms with Crippen LogP contribution in [0.4, 0.5) is 8.78 Å². The van der Waals surface area contributed by atoms with Crippen molar-refractivity contribution in [3.8, 4) is 5.75 Å². The lowest BCUT2D eigenvalue weighted by Crippen LogP contribution is -2.36. The molecule has 0 saturated carbocycles. The minimum atomic E-state index is -4.26. The lowest BCUT2D eigenvalue weighted by atomic mass is 10.1. The van der Waals surface area contributed by atoms with Crippen LogP contribution in [0.3, 0.4) is 0 Å². The number of hydrogen-bond acceptors (Lipinski definition) is 4. The van der Waals surface area contributed by atoms with Crippen LogP contribution in [-0.2, 0) is 16.7 Å². The molecule has 0 fully saturated rings. The van der Waals surface area contributed by atoms with Crippen molar-refractivity contribution in [2.45, 2.75) is 31.3 Å². The van der Waals surface area contributed by atoms with Crippen LogP contribution in [0.15, 0.2) is 71.6 Å². The molecule has 168 valence electrons. The SMILES string of the molecule is CC(C)N(Cc1cc(Cl)ccc1OS(=O)(=O)c1ccc(F)cc1)C(=O)c1cccc(F)c1. The summed E-state index contributed by atoms with van der Waals surface area (Å²) in [6.45, 7) is 3.51. The van der Waals surface area contributed by atoms with Crippen LogP contribution in [0.1, 0.15) is 29.8 Å². The first-order chi connectivity index (χ1) is 15.1. The molecular formula is C23H20ClF2NO4S. The Hall–Kier alpha value is -2.97. The van der Waals surface area contributed by atoms with Gasteiger partial charge in [0.2, 0.25) is 0 Å². The molecule has 0 spiro atoms. The number of carbonyl (C=O) groups is 1. The molecule has 0 saturated heterocycles. The van der Waals surface area contributed by atoms with Crippen LogP contribution < -0.4 is 4.18 Å². The second kappa shape index (κ2) is 9.67. The van der Waals surface area contributed by atoms with E-state index in [0.717, 1.165) is 30.3 Å². The van der Waals surface area contributed by atoms with Gasteiger partial charge in [-0.1, -0.05) is 17.7 Å². The molecule has 1 amide bonds. The fraction of sp³-hybridized carbons (Fsp3) is 0.174. The summed E-state index contributed by atoms with van der Waals surface area (Å²) in [5.74, 6) is -1.60. The van der Waals surface area contributed by atoms with Crippen molar-refractivity contribution in [1.82, 2.24) is 4.90 Å². The van der Waals surface area contributed by atoms with Gasteiger partial charge in [0.15, 0.2) is 0 Å². The van der Waals surface area contributed by atoms with Gasteiger partial charge in [-0.25, -0.2) is 8.78 Å². The van der Waals surface area contributed by atoms with Gasteiger partial charge < -0.3 is 9.08 Å². The second-order valence-corrected chi connectivity index (χ2v) is 9.26. The van der Waals surface area contributed by atoms with Gasteiger partial charge in [-0.2, -0.15) is 8.42 Å². The van der Waals surface area contributed by atoms with E-state index < -0.39 is 27.7 Å². The first-order valence-corrected chi connectivity index (χ1v) is 11.4. The van der Waals surface area contributed by atoms with E-state index in [4.69, 9.17) is 15.8 Å². The molecule has 3 aromatic carbocycles. The number of hydrogen-bond donors (Lipinski definition) is 0. The minimum Gasteiger partial charge on any atom is -0.379 e. The maximum atomic E-state index is 13.6. The zero-order valence-electron chi connectivity index (χ0n) is 17.3. The summed E-state index contributed by atoms with van der Waals surface area (Å²) in [6, 6.07) is 13.5. The van der Waals surface area contributed by atoms with Gasteiger partial charge in [-0.3, -0.25) is 4.79 Å². The molecule has 0 aliphatic carbocycles. The van der Waals surface area contributed by atoms with Gasteiger partial charge in [-0.05, 0) is 74.5 Å². The van der Waals surface area contributed by atoms with E-state index in [0.29, 0.717) is 10.6 Å². The first kappa shape index (κ1) is 23.7. The van der Waals surface area contributed by atoms with Crippen LogP contribution >= 0.6 is 11.6 Å². The van der Waals surface area contributed by atoms with Gasteiger partial charge in [0, 0.05) is 22.2 Å². The standard InChI is InChI=1S/C23H20ClF2NO4S/c1-15(2)27(23(28)16-4-3-5-20(26)13-16)14-17-12-18(24)6-11-22(17)31-32(29,30)21-9-7-19(25)8-10-21/h3-13,15H,14H2,1-2H3. The molecule has 0 bridgehead atoms. The third-order valence-corrected chi connectivity index (χ3v) is 6.10. The smallest absolute Gasteiger partial charge is 0.339 e. The number of benzene rings is 3. The Morgan fingerprint density at radius 1 is 1.00 bits per heavy atom. The Labute approximate surface area is 190 Å². The summed E-state index contributed by atoms with van der Waals surface area (Å²) >= 11 is 6.10. The van der Waals surface area contributed by atoms with E-state index in [-0.39, 0.29) is 28.8 Å². The van der Waals surface area contributed by atoms with Crippen LogP contribution in [0.5, 0.6) is 5.75 Å². The highest BCUT2D eigenvalue weighted by Crippen LogP contribution is 2.28. The van der Waals surface area contributed by atoms with Crippen molar-refractivity contribution < 1.29 is 26.2 Å². The van der Waals surface area contributed by atoms with Gasteiger partial charge in [0.05, 0.1) is 6.54 Å².